The molecule has 8 nitrogen and oxygen atoms in total. The molecular weight excluding hydrogens is 474 g/mol. The third-order valence-corrected chi connectivity index (χ3v) is 5.40. The van der Waals surface area contributed by atoms with E-state index in [4.69, 9.17) is 11.6 Å². The van der Waals surface area contributed by atoms with Crippen molar-refractivity contribution in [2.75, 3.05) is 10.6 Å². The number of aromatic amines is 1. The smallest absolute Gasteiger partial charge is 0.249 e. The lowest BCUT2D eigenvalue weighted by Gasteiger charge is -2.20. The van der Waals surface area contributed by atoms with E-state index in [0.717, 1.165) is 12.3 Å². The first-order valence-electron chi connectivity index (χ1n) is 10.7. The molecule has 3 N–H and O–H groups in total. The molecule has 172 valence electrons. The van der Waals surface area contributed by atoms with Crippen molar-refractivity contribution >= 4 is 39.6 Å². The summed E-state index contributed by atoms with van der Waals surface area (Å²) in [5.74, 6) is -2.39. The van der Waals surface area contributed by atoms with Crippen LogP contribution in [0.15, 0.2) is 67.1 Å². The van der Waals surface area contributed by atoms with Gasteiger partial charge in [-0.15, -0.1) is 0 Å². The maximum absolute atomic E-state index is 13.8. The average Bonchev–Trinajstić information content (AvgIpc) is 3.43. The number of aromatic nitrogens is 5. The van der Waals surface area contributed by atoms with Gasteiger partial charge in [0.25, 0.3) is 0 Å². The summed E-state index contributed by atoms with van der Waals surface area (Å²) in [7, 11) is 0. The molecule has 1 atom stereocenters. The predicted molar refractivity (Wildman–Crippen MR) is 127 cm³/mol. The molecule has 0 fully saturated rings. The summed E-state index contributed by atoms with van der Waals surface area (Å²) < 4.78 is 36.3. The van der Waals surface area contributed by atoms with Gasteiger partial charge >= 0.3 is 0 Å². The van der Waals surface area contributed by atoms with Crippen molar-refractivity contribution in [3.05, 3.63) is 101 Å². The number of hydrogen-bond donors (Lipinski definition) is 3. The molecule has 0 saturated heterocycles. The van der Waals surface area contributed by atoms with Gasteiger partial charge in [-0.05, 0) is 17.7 Å². The van der Waals surface area contributed by atoms with Gasteiger partial charge in [-0.2, -0.15) is 25.1 Å². The number of nitrogens with zero attached hydrogens (tertiary/aromatic N) is 5. The molecule has 3 heterocycles. The van der Waals surface area contributed by atoms with E-state index < -0.39 is 17.8 Å². The molecular formula is C24H15ClF2N8. The molecule has 1 unspecified atom stereocenters. The fourth-order valence-electron chi connectivity index (χ4n) is 3.54. The van der Waals surface area contributed by atoms with Crippen molar-refractivity contribution < 1.29 is 10.2 Å². The monoisotopic (exact) mass is 489 g/mol. The normalized spacial score (nSPS) is 13.0. The average molecular weight is 490 g/mol. The van der Waals surface area contributed by atoms with Crippen molar-refractivity contribution in [1.82, 2.24) is 25.4 Å². The third-order valence-electron chi connectivity index (χ3n) is 5.11. The van der Waals surface area contributed by atoms with Crippen molar-refractivity contribution in [1.29, 1.82) is 5.26 Å². The summed E-state index contributed by atoms with van der Waals surface area (Å²) in [5.41, 5.74) is 2.18. The minimum Gasteiger partial charge on any atom is -0.373 e. The SMILES string of the molecule is [2H]C(Nc1cc(Cl)c2ncc(C#N)c(Nc3cnc(F)c(F)c3)c2c1)(c1ccccc1)c1cn[nH]n1. The highest BCUT2D eigenvalue weighted by Crippen LogP contribution is 2.36. The number of hydrogen-bond acceptors (Lipinski definition) is 7. The Morgan fingerprint density at radius 2 is 1.89 bits per heavy atom. The van der Waals surface area contributed by atoms with Crippen LogP contribution in [0.1, 0.15) is 24.2 Å². The molecule has 0 spiro atoms. The number of fused-ring (bicyclic) bond motifs is 1. The molecule has 5 aromatic rings. The van der Waals surface area contributed by atoms with Crippen LogP contribution in [0.5, 0.6) is 0 Å². The second-order valence-electron chi connectivity index (χ2n) is 7.36. The van der Waals surface area contributed by atoms with Crippen LogP contribution >= 0.6 is 11.6 Å². The van der Waals surface area contributed by atoms with Crippen LogP contribution in [-0.2, 0) is 0 Å². The lowest BCUT2D eigenvalue weighted by atomic mass is 10.0. The molecule has 0 aliphatic rings. The fourth-order valence-corrected chi connectivity index (χ4v) is 3.81. The van der Waals surface area contributed by atoms with Gasteiger partial charge in [-0.25, -0.2) is 9.37 Å². The van der Waals surface area contributed by atoms with Crippen LogP contribution in [0.2, 0.25) is 5.02 Å². The summed E-state index contributed by atoms with van der Waals surface area (Å²) in [6.07, 6.45) is 3.86. The van der Waals surface area contributed by atoms with Crippen LogP contribution in [0, 0.1) is 23.1 Å². The molecule has 0 radical (unpaired) electrons. The zero-order valence-electron chi connectivity index (χ0n) is 18.7. The Kier molecular flexibility index (Phi) is 5.58. The van der Waals surface area contributed by atoms with Gasteiger partial charge in [0.2, 0.25) is 5.95 Å². The van der Waals surface area contributed by atoms with Gasteiger partial charge in [-0.1, -0.05) is 41.9 Å². The molecule has 0 aliphatic heterocycles. The molecule has 11 heteroatoms. The van der Waals surface area contributed by atoms with E-state index in [1.54, 1.807) is 36.4 Å². The molecule has 3 aromatic heterocycles. The Labute approximate surface area is 204 Å². The Bertz CT molecular complexity index is 1610. The van der Waals surface area contributed by atoms with E-state index in [9.17, 15) is 15.4 Å². The van der Waals surface area contributed by atoms with E-state index in [2.05, 4.69) is 36.0 Å². The molecule has 5 rings (SSSR count). The lowest BCUT2D eigenvalue weighted by Crippen LogP contribution is -2.13. The zero-order chi connectivity index (χ0) is 25.3. The van der Waals surface area contributed by atoms with Gasteiger partial charge in [0, 0.05) is 23.3 Å². The van der Waals surface area contributed by atoms with Crippen molar-refractivity contribution in [2.45, 2.75) is 6.02 Å². The molecule has 0 bridgehead atoms. The molecule has 0 aliphatic carbocycles. The maximum atomic E-state index is 13.8. The van der Waals surface area contributed by atoms with Gasteiger partial charge in [0.15, 0.2) is 5.82 Å². The van der Waals surface area contributed by atoms with Crippen molar-refractivity contribution in [3.8, 4) is 6.07 Å². The van der Waals surface area contributed by atoms with Crippen LogP contribution in [0.4, 0.5) is 25.8 Å². The van der Waals surface area contributed by atoms with E-state index in [-0.39, 0.29) is 22.0 Å². The second kappa shape index (κ2) is 9.32. The minimum atomic E-state index is -1.55. The number of nitrogens with one attached hydrogen (secondary N) is 3. The van der Waals surface area contributed by atoms with E-state index in [0.29, 0.717) is 27.8 Å². The zero-order valence-corrected chi connectivity index (χ0v) is 18.5. The summed E-state index contributed by atoms with van der Waals surface area (Å²) in [6.45, 7) is 0. The summed E-state index contributed by atoms with van der Waals surface area (Å²) in [6, 6.07) is 13.6. The Morgan fingerprint density at radius 3 is 2.60 bits per heavy atom. The molecule has 2 aromatic carbocycles. The molecule has 0 saturated carbocycles. The first-order chi connectivity index (χ1) is 17.4. The Balaban J connectivity index is 1.65. The summed E-state index contributed by atoms with van der Waals surface area (Å²) in [4.78, 5) is 7.66. The van der Waals surface area contributed by atoms with E-state index in [1.807, 2.05) is 12.1 Å². The van der Waals surface area contributed by atoms with Gasteiger partial charge in [0.05, 0.1) is 47.3 Å². The van der Waals surface area contributed by atoms with Crippen LogP contribution in [-0.4, -0.2) is 25.4 Å². The van der Waals surface area contributed by atoms with Crippen LogP contribution in [0.3, 0.4) is 0 Å². The first-order valence-corrected chi connectivity index (χ1v) is 10.6. The largest absolute Gasteiger partial charge is 0.373 e. The van der Waals surface area contributed by atoms with Gasteiger partial charge in [-0.3, -0.25) is 4.98 Å². The predicted octanol–water partition coefficient (Wildman–Crippen LogP) is 5.50. The van der Waals surface area contributed by atoms with E-state index in [1.165, 1.54) is 12.4 Å². The number of benzene rings is 2. The standard InChI is InChI=1S/C24H15ClF2N8/c25-18-7-15(32-22(20-12-31-35-34-20)13-4-2-1-3-5-13)6-17-21(14(9-28)10-29-23(17)18)33-16-8-19(26)24(27)30-11-16/h1-8,10-12,22,32H,(H,29,33)(H,31,34,35)/i22D. The Morgan fingerprint density at radius 1 is 1.06 bits per heavy atom. The fraction of sp³-hybridized carbons (Fsp3) is 0.0417. The second-order valence-corrected chi connectivity index (χ2v) is 7.76. The highest BCUT2D eigenvalue weighted by molar-refractivity contribution is 6.36. The van der Waals surface area contributed by atoms with Crippen molar-refractivity contribution in [3.63, 3.8) is 0 Å². The lowest BCUT2D eigenvalue weighted by molar-refractivity contribution is 0.480. The minimum absolute atomic E-state index is 0.120. The number of nitriles is 1. The number of rotatable bonds is 6. The molecule has 0 amide bonds. The summed E-state index contributed by atoms with van der Waals surface area (Å²) in [5, 5.41) is 26.9. The van der Waals surface area contributed by atoms with Crippen LogP contribution < -0.4 is 10.6 Å². The van der Waals surface area contributed by atoms with E-state index >= 15 is 0 Å². The maximum Gasteiger partial charge on any atom is 0.249 e. The first kappa shape index (κ1) is 20.9. The summed E-state index contributed by atoms with van der Waals surface area (Å²) >= 11 is 6.55. The number of anilines is 3. The third kappa shape index (κ3) is 4.45. The number of pyridine rings is 2. The highest BCUT2D eigenvalue weighted by atomic mass is 35.5. The van der Waals surface area contributed by atoms with Gasteiger partial charge < -0.3 is 10.6 Å². The van der Waals surface area contributed by atoms with Crippen molar-refractivity contribution in [2.24, 2.45) is 0 Å². The number of halogens is 3. The highest BCUT2D eigenvalue weighted by Gasteiger charge is 2.19. The van der Waals surface area contributed by atoms with Gasteiger partial charge in [0.1, 0.15) is 11.8 Å². The molecule has 35 heavy (non-hydrogen) atoms. The Hall–Kier alpha value is -4.62. The quantitative estimate of drug-likeness (QED) is 0.270. The topological polar surface area (TPSA) is 115 Å². The van der Waals surface area contributed by atoms with Crippen LogP contribution in [0.25, 0.3) is 10.9 Å². The number of H-pyrrole nitrogens is 1.